The van der Waals surface area contributed by atoms with E-state index >= 15 is 0 Å². The molecule has 0 aromatic heterocycles. The Hall–Kier alpha value is -1.38. The third-order valence-electron chi connectivity index (χ3n) is 1.43. The van der Waals surface area contributed by atoms with E-state index in [1.807, 2.05) is 32.1 Å². The van der Waals surface area contributed by atoms with E-state index in [0.717, 1.165) is 5.57 Å². The molecule has 0 aliphatic carbocycles. The molecule has 0 aliphatic rings. The van der Waals surface area contributed by atoms with Gasteiger partial charge in [-0.05, 0) is 19.4 Å². The maximum absolute atomic E-state index is 11.1. The lowest BCUT2D eigenvalue weighted by Gasteiger charge is -2.00. The Labute approximate surface area is 78.5 Å². The van der Waals surface area contributed by atoms with Gasteiger partial charge in [-0.2, -0.15) is 0 Å². The summed E-state index contributed by atoms with van der Waals surface area (Å²) in [5.41, 5.74) is 0.904. The van der Waals surface area contributed by atoms with Gasteiger partial charge in [0.1, 0.15) is 0 Å². The van der Waals surface area contributed by atoms with Gasteiger partial charge in [0.25, 0.3) is 0 Å². The monoisotopic (exact) mass is 181 g/mol. The van der Waals surface area contributed by atoms with Crippen molar-refractivity contribution in [2.75, 3.05) is 0 Å². The molecule has 0 saturated carbocycles. The van der Waals surface area contributed by atoms with Gasteiger partial charge in [-0.15, -0.1) is 0 Å². The van der Waals surface area contributed by atoms with E-state index < -0.39 is 0 Å². The first-order chi connectivity index (χ1) is 6.10. The van der Waals surface area contributed by atoms with Gasteiger partial charge in [0.05, 0.1) is 6.42 Å². The van der Waals surface area contributed by atoms with Crippen LogP contribution in [0.3, 0.4) is 0 Å². The number of carbonyl (C=O) groups is 2. The van der Waals surface area contributed by atoms with E-state index in [4.69, 9.17) is 0 Å². The van der Waals surface area contributed by atoms with Gasteiger partial charge in [-0.3, -0.25) is 14.9 Å². The van der Waals surface area contributed by atoms with Crippen molar-refractivity contribution >= 4 is 11.8 Å². The van der Waals surface area contributed by atoms with Crippen LogP contribution in [0.5, 0.6) is 0 Å². The maximum atomic E-state index is 11.1. The highest BCUT2D eigenvalue weighted by Crippen LogP contribution is 2.02. The Morgan fingerprint density at radius 3 is 2.31 bits per heavy atom. The first kappa shape index (κ1) is 11.6. The summed E-state index contributed by atoms with van der Waals surface area (Å²) in [5, 5.41) is 2.21. The molecule has 0 heterocycles. The average molecular weight is 181 g/mol. The number of carbonyl (C=O) groups excluding carboxylic acids is 2. The summed E-state index contributed by atoms with van der Waals surface area (Å²) in [7, 11) is 0. The average Bonchev–Trinajstić information content (AvgIpc) is 2.02. The van der Waals surface area contributed by atoms with Crippen molar-refractivity contribution < 1.29 is 9.59 Å². The van der Waals surface area contributed by atoms with Crippen molar-refractivity contribution in [3.63, 3.8) is 0 Å². The van der Waals surface area contributed by atoms with Crippen molar-refractivity contribution in [2.45, 2.75) is 27.2 Å². The normalized spacial score (nSPS) is 11.8. The van der Waals surface area contributed by atoms with Crippen LogP contribution in [0.2, 0.25) is 0 Å². The fourth-order valence-corrected chi connectivity index (χ4v) is 0.897. The minimum absolute atomic E-state index is 0.250. The summed E-state index contributed by atoms with van der Waals surface area (Å²) in [4.78, 5) is 21.6. The largest absolute Gasteiger partial charge is 0.296 e. The first-order valence-electron chi connectivity index (χ1n) is 4.18. The molecule has 0 saturated heterocycles. The number of hydrogen-bond acceptors (Lipinski definition) is 2. The first-order valence-corrected chi connectivity index (χ1v) is 4.18. The van der Waals surface area contributed by atoms with E-state index in [9.17, 15) is 9.59 Å². The molecule has 2 amide bonds. The predicted octanol–water partition coefficient (Wildman–Crippen LogP) is 1.56. The molecule has 3 heteroatoms. The van der Waals surface area contributed by atoms with Gasteiger partial charge in [-0.25, -0.2) is 0 Å². The van der Waals surface area contributed by atoms with Crippen molar-refractivity contribution in [1.29, 1.82) is 0 Å². The summed E-state index contributed by atoms with van der Waals surface area (Å²) >= 11 is 0. The molecule has 0 aromatic carbocycles. The zero-order valence-corrected chi connectivity index (χ0v) is 8.26. The van der Waals surface area contributed by atoms with Crippen molar-refractivity contribution in [3.05, 3.63) is 23.8 Å². The zero-order valence-electron chi connectivity index (χ0n) is 8.26. The highest BCUT2D eigenvalue weighted by atomic mass is 16.2. The third-order valence-corrected chi connectivity index (χ3v) is 1.43. The van der Waals surface area contributed by atoms with Crippen LogP contribution in [-0.2, 0) is 9.59 Å². The molecular formula is C10H15NO2. The lowest BCUT2D eigenvalue weighted by molar-refractivity contribution is -0.128. The zero-order chi connectivity index (χ0) is 10.3. The highest BCUT2D eigenvalue weighted by molar-refractivity contribution is 5.95. The Morgan fingerprint density at radius 2 is 1.92 bits per heavy atom. The van der Waals surface area contributed by atoms with Crippen molar-refractivity contribution in [3.8, 4) is 0 Å². The summed E-state index contributed by atoms with van der Waals surface area (Å²) in [6.45, 7) is 5.06. The van der Waals surface area contributed by atoms with Crippen LogP contribution in [0.4, 0.5) is 0 Å². The fourth-order valence-electron chi connectivity index (χ4n) is 0.897. The molecule has 0 radical (unpaired) electrons. The molecule has 0 aromatic rings. The highest BCUT2D eigenvalue weighted by Gasteiger charge is 2.03. The van der Waals surface area contributed by atoms with Gasteiger partial charge >= 0.3 is 0 Å². The number of imide groups is 1. The lowest BCUT2D eigenvalue weighted by Crippen LogP contribution is -2.27. The molecule has 0 unspecified atom stereocenters. The van der Waals surface area contributed by atoms with Crippen LogP contribution in [0.1, 0.15) is 27.2 Å². The number of allylic oxidation sites excluding steroid dienone is 3. The molecule has 13 heavy (non-hydrogen) atoms. The van der Waals surface area contributed by atoms with Crippen molar-refractivity contribution in [2.24, 2.45) is 0 Å². The van der Waals surface area contributed by atoms with Crippen LogP contribution >= 0.6 is 0 Å². The second kappa shape index (κ2) is 6.17. The Balaban J connectivity index is 4.10. The molecule has 0 fully saturated rings. The minimum Gasteiger partial charge on any atom is -0.296 e. The fraction of sp³-hybridized carbons (Fsp3) is 0.400. The van der Waals surface area contributed by atoms with Gasteiger partial charge < -0.3 is 0 Å². The topological polar surface area (TPSA) is 46.2 Å². The second-order valence-corrected chi connectivity index (χ2v) is 2.64. The molecule has 0 bridgehead atoms. The molecule has 72 valence electrons. The van der Waals surface area contributed by atoms with Crippen LogP contribution in [0, 0.1) is 0 Å². The maximum Gasteiger partial charge on any atom is 0.230 e. The quantitative estimate of drug-likeness (QED) is 0.671. The van der Waals surface area contributed by atoms with Gasteiger partial charge in [-0.1, -0.05) is 18.2 Å². The van der Waals surface area contributed by atoms with E-state index in [1.165, 1.54) is 6.92 Å². The molecular weight excluding hydrogens is 166 g/mol. The molecule has 3 nitrogen and oxygen atoms in total. The lowest BCUT2D eigenvalue weighted by atomic mass is 10.1. The molecule has 0 spiro atoms. The molecule has 0 aliphatic heterocycles. The standard InChI is InChI=1S/C10H15NO2/c1-4-6-9(5-2)7-10(13)11-8(3)12/h4-6H,7H2,1-3H3,(H,11,12,13)/b6-4-,9-5+. The summed E-state index contributed by atoms with van der Waals surface area (Å²) in [6, 6.07) is 0. The second-order valence-electron chi connectivity index (χ2n) is 2.64. The van der Waals surface area contributed by atoms with Gasteiger partial charge in [0.2, 0.25) is 11.8 Å². The number of amides is 2. The SMILES string of the molecule is C/C=C\C(=C/C)CC(=O)NC(C)=O. The molecule has 0 rings (SSSR count). The summed E-state index contributed by atoms with van der Waals surface area (Å²) < 4.78 is 0. The van der Waals surface area contributed by atoms with Crippen LogP contribution in [-0.4, -0.2) is 11.8 Å². The summed E-state index contributed by atoms with van der Waals surface area (Å²) in [5.74, 6) is -0.584. The van der Waals surface area contributed by atoms with Crippen LogP contribution < -0.4 is 5.32 Å². The third kappa shape index (κ3) is 5.84. The minimum atomic E-state index is -0.319. The van der Waals surface area contributed by atoms with E-state index in [2.05, 4.69) is 5.32 Å². The van der Waals surface area contributed by atoms with E-state index in [1.54, 1.807) is 0 Å². The number of nitrogens with one attached hydrogen (secondary N) is 1. The predicted molar refractivity (Wildman–Crippen MR) is 52.0 cm³/mol. The number of hydrogen-bond donors (Lipinski definition) is 1. The van der Waals surface area contributed by atoms with E-state index in [0.29, 0.717) is 0 Å². The molecule has 1 N–H and O–H groups in total. The summed E-state index contributed by atoms with van der Waals surface area (Å²) in [6.07, 6.45) is 5.80. The van der Waals surface area contributed by atoms with Crippen molar-refractivity contribution in [1.82, 2.24) is 5.32 Å². The Bertz CT molecular complexity index is 252. The molecule has 0 atom stereocenters. The van der Waals surface area contributed by atoms with Crippen LogP contribution in [0.25, 0.3) is 0 Å². The van der Waals surface area contributed by atoms with Gasteiger partial charge in [0.15, 0.2) is 0 Å². The van der Waals surface area contributed by atoms with Gasteiger partial charge in [0, 0.05) is 6.92 Å². The smallest absolute Gasteiger partial charge is 0.230 e. The Kier molecular flexibility index (Phi) is 5.52. The van der Waals surface area contributed by atoms with E-state index in [-0.39, 0.29) is 18.2 Å². The Morgan fingerprint density at radius 1 is 1.31 bits per heavy atom. The number of rotatable bonds is 3. The van der Waals surface area contributed by atoms with Crippen LogP contribution in [0.15, 0.2) is 23.8 Å².